The first-order chi connectivity index (χ1) is 10.2. The molecule has 22 heavy (non-hydrogen) atoms. The molecule has 1 aliphatic rings. The van der Waals surface area contributed by atoms with Crippen molar-refractivity contribution in [2.24, 2.45) is 5.92 Å². The molecule has 1 aliphatic heterocycles. The van der Waals surface area contributed by atoms with E-state index in [1.54, 1.807) is 0 Å². The summed E-state index contributed by atoms with van der Waals surface area (Å²) in [5.74, 6) is 0.452. The Morgan fingerprint density at radius 2 is 2.23 bits per heavy atom. The SMILES string of the molecule is CCN(C)CC1CCN(c2sc(S(C)(=O)=O)cc2[N+](=O)[O-])C1. The van der Waals surface area contributed by atoms with Crippen LogP contribution >= 0.6 is 11.3 Å². The topological polar surface area (TPSA) is 83.8 Å². The van der Waals surface area contributed by atoms with Crippen LogP contribution in [0.2, 0.25) is 0 Å². The van der Waals surface area contributed by atoms with Crippen LogP contribution in [0, 0.1) is 16.0 Å². The van der Waals surface area contributed by atoms with Gasteiger partial charge in [-0.15, -0.1) is 0 Å². The third-order valence-corrected chi connectivity index (χ3v) is 6.90. The lowest BCUT2D eigenvalue weighted by Gasteiger charge is -2.20. The van der Waals surface area contributed by atoms with E-state index in [0.29, 0.717) is 10.9 Å². The lowest BCUT2D eigenvalue weighted by Crippen LogP contribution is -2.28. The molecule has 9 heteroatoms. The fourth-order valence-corrected chi connectivity index (χ4v) is 4.69. The van der Waals surface area contributed by atoms with E-state index in [1.165, 1.54) is 6.07 Å². The van der Waals surface area contributed by atoms with Crippen LogP contribution in [0.1, 0.15) is 13.3 Å². The molecule has 0 amide bonds. The van der Waals surface area contributed by atoms with Gasteiger partial charge in [-0.05, 0) is 25.9 Å². The van der Waals surface area contributed by atoms with Crippen molar-refractivity contribution < 1.29 is 13.3 Å². The number of hydrogen-bond acceptors (Lipinski definition) is 7. The summed E-state index contributed by atoms with van der Waals surface area (Å²) in [5.41, 5.74) is -0.102. The van der Waals surface area contributed by atoms with Crippen molar-refractivity contribution in [3.8, 4) is 0 Å². The van der Waals surface area contributed by atoms with Gasteiger partial charge in [0.15, 0.2) is 14.8 Å². The number of rotatable bonds is 6. The van der Waals surface area contributed by atoms with Crippen LogP contribution in [0.25, 0.3) is 0 Å². The molecule has 0 bridgehead atoms. The molecule has 2 heterocycles. The summed E-state index contributed by atoms with van der Waals surface area (Å²) in [5, 5.41) is 11.7. The van der Waals surface area contributed by atoms with Gasteiger partial charge >= 0.3 is 5.69 Å². The van der Waals surface area contributed by atoms with Crippen molar-refractivity contribution in [3.63, 3.8) is 0 Å². The minimum absolute atomic E-state index is 0.0586. The van der Waals surface area contributed by atoms with Crippen molar-refractivity contribution in [3.05, 3.63) is 16.2 Å². The molecule has 1 aromatic rings. The number of nitro groups is 1. The minimum Gasteiger partial charge on any atom is -0.357 e. The number of nitrogens with zero attached hydrogens (tertiary/aromatic N) is 3. The van der Waals surface area contributed by atoms with E-state index >= 15 is 0 Å². The molecule has 2 rings (SSSR count). The molecule has 0 saturated carbocycles. The highest BCUT2D eigenvalue weighted by Crippen LogP contribution is 2.41. The summed E-state index contributed by atoms with van der Waals surface area (Å²) < 4.78 is 23.4. The van der Waals surface area contributed by atoms with Crippen LogP contribution in [0.15, 0.2) is 10.3 Å². The molecule has 7 nitrogen and oxygen atoms in total. The molecular weight excluding hydrogens is 326 g/mol. The van der Waals surface area contributed by atoms with Crippen molar-refractivity contribution in [2.45, 2.75) is 17.6 Å². The monoisotopic (exact) mass is 347 g/mol. The normalized spacial score (nSPS) is 19.1. The van der Waals surface area contributed by atoms with Crippen LogP contribution in [0.3, 0.4) is 0 Å². The summed E-state index contributed by atoms with van der Waals surface area (Å²) in [6.45, 7) is 5.47. The molecule has 0 radical (unpaired) electrons. The summed E-state index contributed by atoms with van der Waals surface area (Å²) >= 11 is 1.00. The van der Waals surface area contributed by atoms with E-state index in [1.807, 2.05) is 4.90 Å². The molecule has 124 valence electrons. The van der Waals surface area contributed by atoms with E-state index in [9.17, 15) is 18.5 Å². The number of anilines is 1. The largest absolute Gasteiger partial charge is 0.357 e. The van der Waals surface area contributed by atoms with Gasteiger partial charge in [-0.1, -0.05) is 18.3 Å². The van der Waals surface area contributed by atoms with Crippen LogP contribution in [0.4, 0.5) is 10.7 Å². The highest BCUT2D eigenvalue weighted by atomic mass is 32.2. The second-order valence-corrected chi connectivity index (χ2v) is 9.01. The van der Waals surface area contributed by atoms with Gasteiger partial charge in [-0.3, -0.25) is 10.1 Å². The standard InChI is InChI=1S/C13H21N3O4S2/c1-4-14(2)8-10-5-6-15(9-10)13-11(16(17)18)7-12(21-13)22(3,19)20/h7,10H,4-6,8-9H2,1-3H3. The Balaban J connectivity index is 2.22. The first kappa shape index (κ1) is 17.2. The minimum atomic E-state index is -3.42. The Bertz CT molecular complexity index is 656. The Morgan fingerprint density at radius 3 is 2.77 bits per heavy atom. The van der Waals surface area contributed by atoms with Crippen molar-refractivity contribution in [1.82, 2.24) is 4.90 Å². The molecule has 1 atom stereocenters. The maximum atomic E-state index is 11.6. The molecule has 1 saturated heterocycles. The average Bonchev–Trinajstić information content (AvgIpc) is 3.03. The predicted octanol–water partition coefficient (Wildman–Crippen LogP) is 1.84. The lowest BCUT2D eigenvalue weighted by molar-refractivity contribution is -0.383. The van der Waals surface area contributed by atoms with Gasteiger partial charge < -0.3 is 9.80 Å². The third-order valence-electron chi connectivity index (χ3n) is 3.92. The van der Waals surface area contributed by atoms with E-state index in [4.69, 9.17) is 0 Å². The van der Waals surface area contributed by atoms with Gasteiger partial charge in [0.05, 0.1) is 4.92 Å². The third kappa shape index (κ3) is 3.76. The summed E-state index contributed by atoms with van der Waals surface area (Å²) in [6.07, 6.45) is 2.04. The number of thiophene rings is 1. The second kappa shape index (κ2) is 6.51. The smallest absolute Gasteiger partial charge is 0.305 e. The molecule has 0 N–H and O–H groups in total. The zero-order chi connectivity index (χ0) is 16.5. The van der Waals surface area contributed by atoms with Crippen LogP contribution in [0.5, 0.6) is 0 Å². The maximum absolute atomic E-state index is 11.6. The van der Waals surface area contributed by atoms with Gasteiger partial charge in [0.25, 0.3) is 0 Å². The maximum Gasteiger partial charge on any atom is 0.305 e. The summed E-state index contributed by atoms with van der Waals surface area (Å²) in [4.78, 5) is 14.9. The van der Waals surface area contributed by atoms with Crippen molar-refractivity contribution in [2.75, 3.05) is 44.4 Å². The highest BCUT2D eigenvalue weighted by molar-refractivity contribution is 7.92. The Morgan fingerprint density at radius 1 is 1.55 bits per heavy atom. The summed E-state index contributed by atoms with van der Waals surface area (Å²) in [7, 11) is -1.37. The molecular formula is C13H21N3O4S2. The second-order valence-electron chi connectivity index (χ2n) is 5.74. The van der Waals surface area contributed by atoms with E-state index in [0.717, 1.165) is 50.2 Å². The van der Waals surface area contributed by atoms with Crippen LogP contribution in [-0.2, 0) is 9.84 Å². The van der Waals surface area contributed by atoms with Gasteiger partial charge in [0.1, 0.15) is 4.21 Å². The zero-order valence-corrected chi connectivity index (χ0v) is 14.6. The van der Waals surface area contributed by atoms with E-state index in [2.05, 4.69) is 18.9 Å². The predicted molar refractivity (Wildman–Crippen MR) is 87.6 cm³/mol. The van der Waals surface area contributed by atoms with Crippen LogP contribution in [-0.4, -0.2) is 57.7 Å². The summed E-state index contributed by atoms with van der Waals surface area (Å²) in [6, 6.07) is 1.18. The first-order valence-electron chi connectivity index (χ1n) is 7.14. The first-order valence-corrected chi connectivity index (χ1v) is 9.85. The highest BCUT2D eigenvalue weighted by Gasteiger charge is 2.32. The molecule has 0 spiro atoms. The quantitative estimate of drug-likeness (QED) is 0.577. The fourth-order valence-electron chi connectivity index (χ4n) is 2.63. The molecule has 1 unspecified atom stereocenters. The van der Waals surface area contributed by atoms with E-state index in [-0.39, 0.29) is 9.90 Å². The van der Waals surface area contributed by atoms with Gasteiger partial charge in [-0.2, -0.15) is 0 Å². The van der Waals surface area contributed by atoms with Gasteiger partial charge in [-0.25, -0.2) is 8.42 Å². The van der Waals surface area contributed by atoms with Crippen molar-refractivity contribution >= 4 is 31.9 Å². The number of hydrogen-bond donors (Lipinski definition) is 0. The Labute approximate surface area is 134 Å². The molecule has 1 fully saturated rings. The van der Waals surface area contributed by atoms with Gasteiger partial charge in [0.2, 0.25) is 0 Å². The molecule has 0 aliphatic carbocycles. The Kier molecular flexibility index (Phi) is 5.08. The lowest BCUT2D eigenvalue weighted by atomic mass is 10.1. The zero-order valence-electron chi connectivity index (χ0n) is 13.0. The average molecular weight is 347 g/mol. The number of sulfone groups is 1. The Hall–Kier alpha value is -1.19. The molecule has 0 aromatic carbocycles. The van der Waals surface area contributed by atoms with Crippen LogP contribution < -0.4 is 4.90 Å². The van der Waals surface area contributed by atoms with Crippen molar-refractivity contribution in [1.29, 1.82) is 0 Å². The fraction of sp³-hybridized carbons (Fsp3) is 0.692. The van der Waals surface area contributed by atoms with E-state index < -0.39 is 14.8 Å². The molecule has 1 aromatic heterocycles. The van der Waals surface area contributed by atoms with Gasteiger partial charge in [0, 0.05) is 32.0 Å².